The Balaban J connectivity index is 1.86. The molecule has 0 N–H and O–H groups in total. The second kappa shape index (κ2) is 6.20. The van der Waals surface area contributed by atoms with Crippen molar-refractivity contribution in [2.45, 2.75) is 18.9 Å². The SMILES string of the molecule is O=C([O-])/C=C/c1cc(F)c(OC2CCc3ccccc32)c(F)c1. The Bertz CT molecular complexity index is 761. The third-order valence-corrected chi connectivity index (χ3v) is 3.77. The first-order chi connectivity index (χ1) is 11.0. The maximum Gasteiger partial charge on any atom is 0.191 e. The Labute approximate surface area is 131 Å². The molecule has 1 unspecified atom stereocenters. The van der Waals surface area contributed by atoms with E-state index in [1.165, 1.54) is 0 Å². The summed E-state index contributed by atoms with van der Waals surface area (Å²) in [4.78, 5) is 10.3. The number of hydrogen-bond donors (Lipinski definition) is 0. The van der Waals surface area contributed by atoms with Crippen molar-refractivity contribution >= 4 is 12.0 Å². The van der Waals surface area contributed by atoms with Gasteiger partial charge in [0.1, 0.15) is 6.10 Å². The number of halogens is 2. The zero-order valence-electron chi connectivity index (χ0n) is 12.1. The van der Waals surface area contributed by atoms with Gasteiger partial charge >= 0.3 is 0 Å². The third-order valence-electron chi connectivity index (χ3n) is 3.77. The van der Waals surface area contributed by atoms with E-state index < -0.39 is 23.4 Å². The lowest BCUT2D eigenvalue weighted by Crippen LogP contribution is -2.18. The van der Waals surface area contributed by atoms with Crippen LogP contribution in [0.2, 0.25) is 0 Å². The van der Waals surface area contributed by atoms with Gasteiger partial charge in [-0.2, -0.15) is 0 Å². The number of carbonyl (C=O) groups excluding carboxylic acids is 1. The van der Waals surface area contributed by atoms with Gasteiger partial charge < -0.3 is 14.6 Å². The molecular weight excluding hydrogens is 302 g/mol. The van der Waals surface area contributed by atoms with E-state index in [9.17, 15) is 18.7 Å². The van der Waals surface area contributed by atoms with E-state index in [1.54, 1.807) is 0 Å². The first-order valence-corrected chi connectivity index (χ1v) is 7.17. The number of benzene rings is 2. The van der Waals surface area contributed by atoms with Gasteiger partial charge in [-0.3, -0.25) is 0 Å². The number of fused-ring (bicyclic) bond motifs is 1. The van der Waals surface area contributed by atoms with E-state index in [2.05, 4.69) is 0 Å². The van der Waals surface area contributed by atoms with Gasteiger partial charge in [0.2, 0.25) is 0 Å². The topological polar surface area (TPSA) is 49.4 Å². The predicted molar refractivity (Wildman–Crippen MR) is 78.5 cm³/mol. The summed E-state index contributed by atoms with van der Waals surface area (Å²) in [5.74, 6) is -3.62. The minimum absolute atomic E-state index is 0.0865. The Hall–Kier alpha value is -2.69. The molecule has 1 aliphatic carbocycles. The highest BCUT2D eigenvalue weighted by Crippen LogP contribution is 2.36. The summed E-state index contributed by atoms with van der Waals surface area (Å²) >= 11 is 0. The van der Waals surface area contributed by atoms with E-state index in [-0.39, 0.29) is 11.7 Å². The van der Waals surface area contributed by atoms with Crippen molar-refractivity contribution in [3.63, 3.8) is 0 Å². The standard InChI is InChI=1S/C18H14F2O3/c19-14-9-11(5-8-17(21)22)10-15(20)18(14)23-16-7-6-12-3-1-2-4-13(12)16/h1-5,8-10,16H,6-7H2,(H,21,22)/p-1/b8-5+. The average molecular weight is 315 g/mol. The van der Waals surface area contributed by atoms with E-state index in [0.29, 0.717) is 12.5 Å². The Morgan fingerprint density at radius 2 is 1.91 bits per heavy atom. The van der Waals surface area contributed by atoms with Crippen LogP contribution in [0.25, 0.3) is 6.08 Å². The lowest BCUT2D eigenvalue weighted by Gasteiger charge is -2.16. The minimum atomic E-state index is -1.44. The maximum absolute atomic E-state index is 14.1. The summed E-state index contributed by atoms with van der Waals surface area (Å²) in [6.07, 6.45) is 2.85. The highest BCUT2D eigenvalue weighted by molar-refractivity contribution is 5.83. The van der Waals surface area contributed by atoms with Crippen LogP contribution in [-0.2, 0) is 11.2 Å². The molecule has 3 rings (SSSR count). The number of carbonyl (C=O) groups is 1. The zero-order chi connectivity index (χ0) is 16.4. The van der Waals surface area contributed by atoms with Crippen LogP contribution in [0.1, 0.15) is 29.2 Å². The molecule has 3 nitrogen and oxygen atoms in total. The van der Waals surface area contributed by atoms with Crippen molar-refractivity contribution in [2.75, 3.05) is 0 Å². The predicted octanol–water partition coefficient (Wildman–Crippen LogP) is 2.79. The molecule has 0 saturated carbocycles. The number of aliphatic carboxylic acids is 1. The van der Waals surface area contributed by atoms with Crippen molar-refractivity contribution in [1.82, 2.24) is 0 Å². The van der Waals surface area contributed by atoms with E-state index in [4.69, 9.17) is 4.74 Å². The van der Waals surface area contributed by atoms with Crippen LogP contribution < -0.4 is 9.84 Å². The zero-order valence-corrected chi connectivity index (χ0v) is 12.1. The number of carboxylic acids is 1. The normalized spacial score (nSPS) is 16.5. The van der Waals surface area contributed by atoms with Gasteiger partial charge in [-0.1, -0.05) is 30.3 Å². The van der Waals surface area contributed by atoms with Crippen LogP contribution in [-0.4, -0.2) is 5.97 Å². The van der Waals surface area contributed by atoms with Gasteiger partial charge in [-0.25, -0.2) is 8.78 Å². The fraction of sp³-hybridized carbons (Fsp3) is 0.167. The van der Waals surface area contributed by atoms with E-state index >= 15 is 0 Å². The molecule has 2 aromatic rings. The largest absolute Gasteiger partial charge is 0.545 e. The van der Waals surface area contributed by atoms with Crippen LogP contribution in [0, 0.1) is 11.6 Å². The molecule has 5 heteroatoms. The summed E-state index contributed by atoms with van der Waals surface area (Å²) in [5.41, 5.74) is 2.14. The molecule has 23 heavy (non-hydrogen) atoms. The van der Waals surface area contributed by atoms with Gasteiger partial charge in [-0.05, 0) is 47.7 Å². The maximum atomic E-state index is 14.1. The van der Waals surface area contributed by atoms with Crippen LogP contribution in [0.15, 0.2) is 42.5 Å². The summed E-state index contributed by atoms with van der Waals surface area (Å²) in [5, 5.41) is 10.3. The lowest BCUT2D eigenvalue weighted by molar-refractivity contribution is -0.297. The Morgan fingerprint density at radius 1 is 1.22 bits per heavy atom. The monoisotopic (exact) mass is 315 g/mol. The van der Waals surface area contributed by atoms with Crippen LogP contribution in [0.5, 0.6) is 5.75 Å². The fourth-order valence-corrected chi connectivity index (χ4v) is 2.74. The first-order valence-electron chi connectivity index (χ1n) is 7.17. The fourth-order valence-electron chi connectivity index (χ4n) is 2.74. The molecule has 0 aromatic heterocycles. The molecular formula is C18H13F2O3-. The number of aryl methyl sites for hydroxylation is 1. The van der Waals surface area contributed by atoms with Crippen molar-refractivity contribution in [3.8, 4) is 5.75 Å². The van der Waals surface area contributed by atoms with E-state index in [0.717, 1.165) is 35.8 Å². The van der Waals surface area contributed by atoms with Crippen molar-refractivity contribution < 1.29 is 23.4 Å². The smallest absolute Gasteiger partial charge is 0.191 e. The molecule has 2 aromatic carbocycles. The van der Waals surface area contributed by atoms with Crippen molar-refractivity contribution in [3.05, 3.63) is 70.8 Å². The molecule has 0 radical (unpaired) electrons. The van der Waals surface area contributed by atoms with Gasteiger partial charge in [0.25, 0.3) is 0 Å². The van der Waals surface area contributed by atoms with Crippen LogP contribution in [0.3, 0.4) is 0 Å². The quantitative estimate of drug-likeness (QED) is 0.815. The summed E-state index contributed by atoms with van der Waals surface area (Å²) in [7, 11) is 0. The highest BCUT2D eigenvalue weighted by Gasteiger charge is 2.26. The average Bonchev–Trinajstić information content (AvgIpc) is 2.92. The van der Waals surface area contributed by atoms with Crippen LogP contribution >= 0.6 is 0 Å². The van der Waals surface area contributed by atoms with Crippen molar-refractivity contribution in [2.24, 2.45) is 0 Å². The molecule has 0 bridgehead atoms. The summed E-state index contributed by atoms with van der Waals surface area (Å²) < 4.78 is 33.7. The first kappa shape index (κ1) is 15.2. The molecule has 118 valence electrons. The number of carboxylic acid groups (broad SMARTS) is 1. The Morgan fingerprint density at radius 3 is 2.61 bits per heavy atom. The van der Waals surface area contributed by atoms with Crippen LogP contribution in [0.4, 0.5) is 8.78 Å². The molecule has 0 heterocycles. The molecule has 0 aliphatic heterocycles. The molecule has 0 fully saturated rings. The minimum Gasteiger partial charge on any atom is -0.545 e. The number of hydrogen-bond acceptors (Lipinski definition) is 3. The second-order valence-corrected chi connectivity index (χ2v) is 5.31. The third kappa shape index (κ3) is 3.23. The van der Waals surface area contributed by atoms with Gasteiger partial charge in [-0.15, -0.1) is 0 Å². The lowest BCUT2D eigenvalue weighted by atomic mass is 10.1. The molecule has 1 atom stereocenters. The number of ether oxygens (including phenoxy) is 1. The van der Waals surface area contributed by atoms with Gasteiger partial charge in [0, 0.05) is 0 Å². The molecule has 0 spiro atoms. The van der Waals surface area contributed by atoms with E-state index in [1.807, 2.05) is 24.3 Å². The Kier molecular flexibility index (Phi) is 4.10. The van der Waals surface area contributed by atoms with Crippen molar-refractivity contribution in [1.29, 1.82) is 0 Å². The van der Waals surface area contributed by atoms with Gasteiger partial charge in [0.15, 0.2) is 17.4 Å². The highest BCUT2D eigenvalue weighted by atomic mass is 19.1. The molecule has 1 aliphatic rings. The summed E-state index contributed by atoms with van der Waals surface area (Å²) in [6, 6.07) is 9.69. The molecule has 0 amide bonds. The number of rotatable bonds is 4. The summed E-state index contributed by atoms with van der Waals surface area (Å²) in [6.45, 7) is 0. The second-order valence-electron chi connectivity index (χ2n) is 5.31. The molecule has 0 saturated heterocycles. The van der Waals surface area contributed by atoms with Gasteiger partial charge in [0.05, 0.1) is 5.97 Å².